The number of rotatable bonds is 45. The number of aromatic hydroxyl groups is 1. The molecule has 21 N–H and O–H groups in total. The highest BCUT2D eigenvalue weighted by molar-refractivity contribution is 5.99. The molecule has 0 aromatic heterocycles. The molecule has 4 rings (SSSR count). The van der Waals surface area contributed by atoms with Crippen LogP contribution in [0.25, 0.3) is 0 Å². The van der Waals surface area contributed by atoms with E-state index in [1.807, 2.05) is 0 Å². The zero-order valence-electron chi connectivity index (χ0n) is 60.2. The second-order valence-electron chi connectivity index (χ2n) is 28.3. The highest BCUT2D eigenvalue weighted by Crippen LogP contribution is 2.27. The number of amides is 8. The summed E-state index contributed by atoms with van der Waals surface area (Å²) in [5.41, 5.74) is 22.4. The molecule has 0 bridgehead atoms. The fourth-order valence-corrected chi connectivity index (χ4v) is 12.9. The highest BCUT2D eigenvalue weighted by atomic mass is 16.4. The van der Waals surface area contributed by atoms with Gasteiger partial charge in [-0.3, -0.25) is 82.6 Å². The van der Waals surface area contributed by atoms with E-state index in [0.717, 1.165) is 4.90 Å². The Morgan fingerprint density at radius 3 is 1.52 bits per heavy atom. The molecule has 3 heterocycles. The van der Waals surface area contributed by atoms with E-state index in [1.54, 1.807) is 39.5 Å². The Hall–Kier alpha value is -9.49. The number of aliphatic imine (C=N–C) groups is 1. The Morgan fingerprint density at radius 1 is 0.567 bits per heavy atom. The molecule has 0 aliphatic carbocycles. The van der Waals surface area contributed by atoms with E-state index >= 15 is 9.59 Å². The van der Waals surface area contributed by atoms with Crippen LogP contribution in [0.3, 0.4) is 0 Å². The number of carbonyl (C=O) groups excluding carboxylic acids is 8. The van der Waals surface area contributed by atoms with Gasteiger partial charge in [-0.15, -0.1) is 0 Å². The van der Waals surface area contributed by atoms with Crippen molar-refractivity contribution >= 4 is 89.0 Å². The van der Waals surface area contributed by atoms with Gasteiger partial charge in [0.15, 0.2) is 11.9 Å². The molecule has 3 aliphatic rings. The Morgan fingerprint density at radius 2 is 1.04 bits per heavy atom. The molecule has 8 amide bonds. The largest absolute Gasteiger partial charge is 0.508 e. The average molecular weight is 1470 g/mol. The summed E-state index contributed by atoms with van der Waals surface area (Å²) in [6.45, 7) is 5.73. The van der Waals surface area contributed by atoms with Gasteiger partial charge >= 0.3 is 29.8 Å². The van der Waals surface area contributed by atoms with E-state index in [1.165, 1.54) is 43.9 Å². The number of benzene rings is 1. The van der Waals surface area contributed by atoms with E-state index in [9.17, 15) is 83.4 Å². The van der Waals surface area contributed by atoms with Crippen LogP contribution in [0.4, 0.5) is 0 Å². The van der Waals surface area contributed by atoms with E-state index in [2.05, 4.69) is 36.9 Å². The van der Waals surface area contributed by atoms with E-state index < -0.39 is 164 Å². The molecule has 0 radical (unpaired) electrons. The van der Waals surface area contributed by atoms with Crippen LogP contribution in [0.5, 0.6) is 5.75 Å². The van der Waals surface area contributed by atoms with Crippen molar-refractivity contribution < 1.29 is 93.0 Å². The second-order valence-corrected chi connectivity index (χ2v) is 28.3. The Balaban J connectivity index is 1.64. The first kappa shape index (κ1) is 86.9. The lowest BCUT2D eigenvalue weighted by molar-refractivity contribution is -0.144. The van der Waals surface area contributed by atoms with Crippen molar-refractivity contribution in [1.82, 2.24) is 61.3 Å². The van der Waals surface area contributed by atoms with E-state index in [4.69, 9.17) is 28.3 Å². The van der Waals surface area contributed by atoms with Gasteiger partial charge < -0.3 is 100 Å². The number of guanidine groups is 2. The fraction of sp³-hybridized carbons (Fsp3) is 0.687. The molecular weight excluding hydrogens is 1360 g/mol. The van der Waals surface area contributed by atoms with Gasteiger partial charge in [0.25, 0.3) is 0 Å². The van der Waals surface area contributed by atoms with Crippen LogP contribution in [0.2, 0.25) is 0 Å². The zero-order valence-corrected chi connectivity index (χ0v) is 60.2. The number of piperidine rings is 1. The smallest absolute Gasteiger partial charge is 0.326 e. The number of hydrogen-bond donors (Lipinski definition) is 17. The number of carbonyl (C=O) groups is 13. The maximum atomic E-state index is 15.2. The first-order valence-electron chi connectivity index (χ1n) is 35.3. The zero-order chi connectivity index (χ0) is 77.5. The Kier molecular flexibility index (Phi) is 35.9. The first-order chi connectivity index (χ1) is 49.0. The number of carboxylic acids is 5. The van der Waals surface area contributed by atoms with E-state index in [0.29, 0.717) is 63.6 Å². The van der Waals surface area contributed by atoms with Gasteiger partial charge in [0.2, 0.25) is 47.3 Å². The van der Waals surface area contributed by atoms with Crippen LogP contribution in [-0.4, -0.2) is 296 Å². The number of phenols is 1. The number of carboxylic acid groups (broad SMARTS) is 5. The fourth-order valence-electron chi connectivity index (χ4n) is 12.9. The molecule has 0 unspecified atom stereocenters. The Labute approximate surface area is 604 Å². The lowest BCUT2D eigenvalue weighted by atomic mass is 9.85. The van der Waals surface area contributed by atoms with Crippen molar-refractivity contribution in [1.29, 1.82) is 5.41 Å². The van der Waals surface area contributed by atoms with Crippen LogP contribution >= 0.6 is 0 Å². The summed E-state index contributed by atoms with van der Waals surface area (Å²) in [5.74, 6) is -13.3. The standard InChI is InChI=1S/C67H110N18O19/c1-40(2)33-48(64(103)104)78-61(100)56(67(3,4)5)79-58(97)47(34-42-15-18-43(86)19-16-42)77-60(99)50-14-10-26-85(50)63(102)46(12-8-24-73-65(69)70)76-57(96)44(20-17-41-21-27-83(28-22-41)66(71)72)75-59(98)49-13-9-25-84(49)62(101)45(11-6-7-23-68)74-51(87)35-81(37-53(90)91)31-29-80(36-52(88)89)30-32-82(38-54(92)93)39-55(94)95/h15-16,18-19,40-41,44-50,56,86H,6-14,17,20-39,68H2,1-5H3,(H3,71,72)(H,74,87)(H,75,98)(H,76,96)(H,77,99)(H,78,100)(H,79,97)(H,88,89)(H,90,91)(H,92,93)(H,94,95)(H,103,104)(H4,69,70,73)/t44-,45+,46-,47-,48-,49-,50-,56+/m0/s1. The monoisotopic (exact) mass is 1470 g/mol. The number of hydrogen-bond acceptors (Lipinski definition) is 20. The molecule has 1 aromatic carbocycles. The van der Waals surface area contributed by atoms with Crippen LogP contribution in [0.1, 0.15) is 130 Å². The van der Waals surface area contributed by atoms with Gasteiger partial charge in [0, 0.05) is 65.3 Å². The summed E-state index contributed by atoms with van der Waals surface area (Å²) in [6.07, 6.45) is 3.05. The van der Waals surface area contributed by atoms with Crippen molar-refractivity contribution in [2.75, 3.05) is 98.2 Å². The number of nitrogens with zero attached hydrogens (tertiary/aromatic N) is 7. The summed E-state index contributed by atoms with van der Waals surface area (Å²) in [6, 6.07) is -4.67. The van der Waals surface area contributed by atoms with Crippen molar-refractivity contribution in [3.05, 3.63) is 29.8 Å². The van der Waals surface area contributed by atoms with Gasteiger partial charge in [-0.1, -0.05) is 46.8 Å². The van der Waals surface area contributed by atoms with Crippen molar-refractivity contribution in [3.63, 3.8) is 0 Å². The van der Waals surface area contributed by atoms with Crippen LogP contribution in [-0.2, 0) is 68.7 Å². The highest BCUT2D eigenvalue weighted by Gasteiger charge is 2.43. The minimum atomic E-state index is -1.42. The third-order valence-corrected chi connectivity index (χ3v) is 18.3. The lowest BCUT2D eigenvalue weighted by Crippen LogP contribution is -2.61. The first-order valence-corrected chi connectivity index (χ1v) is 35.3. The second kappa shape index (κ2) is 42.9. The van der Waals surface area contributed by atoms with Crippen molar-refractivity contribution in [2.45, 2.75) is 179 Å². The maximum Gasteiger partial charge on any atom is 0.326 e. The molecule has 37 nitrogen and oxygen atoms in total. The van der Waals surface area contributed by atoms with Crippen LogP contribution in [0, 0.1) is 22.7 Å². The molecule has 3 aliphatic heterocycles. The third kappa shape index (κ3) is 30.4. The predicted octanol–water partition coefficient (Wildman–Crippen LogP) is -3.19. The molecule has 0 spiro atoms. The van der Waals surface area contributed by atoms with E-state index in [-0.39, 0.29) is 133 Å². The number of unbranched alkanes of at least 4 members (excludes halogenated alkanes) is 1. The molecule has 3 fully saturated rings. The van der Waals surface area contributed by atoms with Gasteiger partial charge in [0.05, 0.1) is 32.7 Å². The quantitative estimate of drug-likeness (QED) is 0.0174. The Bertz CT molecular complexity index is 3130. The maximum absolute atomic E-state index is 15.2. The van der Waals surface area contributed by atoms with Gasteiger partial charge in [-0.2, -0.15) is 0 Å². The summed E-state index contributed by atoms with van der Waals surface area (Å²) < 4.78 is 0. The summed E-state index contributed by atoms with van der Waals surface area (Å²) in [5, 5.41) is 82.6. The molecular formula is C67H110N18O19. The van der Waals surface area contributed by atoms with Gasteiger partial charge in [-0.05, 0) is 131 Å². The third-order valence-electron chi connectivity index (χ3n) is 18.3. The topological polar surface area (TPSA) is 575 Å². The molecule has 582 valence electrons. The molecule has 0 saturated carbocycles. The summed E-state index contributed by atoms with van der Waals surface area (Å²) in [4.78, 5) is 188. The lowest BCUT2D eigenvalue weighted by Gasteiger charge is -2.34. The van der Waals surface area contributed by atoms with Crippen molar-refractivity contribution in [3.8, 4) is 5.75 Å². The van der Waals surface area contributed by atoms with Gasteiger partial charge in [0.1, 0.15) is 54.1 Å². The molecule has 8 atom stereocenters. The van der Waals surface area contributed by atoms with Gasteiger partial charge in [-0.25, -0.2) is 4.79 Å². The van der Waals surface area contributed by atoms with Crippen molar-refractivity contribution in [2.24, 2.45) is 45.2 Å². The minimum Gasteiger partial charge on any atom is -0.508 e. The number of phenolic OH excluding ortho intramolecular Hbond substituents is 1. The van der Waals surface area contributed by atoms with Crippen LogP contribution in [0.15, 0.2) is 29.3 Å². The molecule has 104 heavy (non-hydrogen) atoms. The molecule has 37 heteroatoms. The number of aliphatic carboxylic acids is 5. The normalized spacial score (nSPS) is 17.3. The molecule has 3 saturated heterocycles. The number of nitrogens with two attached hydrogens (primary N) is 4. The predicted molar refractivity (Wildman–Crippen MR) is 378 cm³/mol. The average Bonchev–Trinajstić information content (AvgIpc) is 1.57. The number of nitrogens with one attached hydrogen (secondary N) is 7. The summed E-state index contributed by atoms with van der Waals surface area (Å²) in [7, 11) is 0. The number of likely N-dealkylation sites (tertiary alicyclic amines) is 3. The molecule has 1 aromatic rings. The SMILES string of the molecule is CC(C)C[C@H](NC(=O)[C@@H](NC(=O)[C@H](Cc1ccc(O)cc1)NC(=O)[C@@H]1CCCN1C(=O)[C@H](CCCN=C(N)N)NC(=O)[C@H](CCC1CCN(C(=N)N)CC1)NC(=O)[C@@H]1CCCN1C(=O)[C@@H](CCCCN)NC(=O)CN(CCN(CCN(CC(=O)O)CC(=O)O)CC(=O)O)CC(=O)O)C(C)(C)C)C(=O)O. The van der Waals surface area contributed by atoms with Crippen LogP contribution < -0.4 is 54.8 Å². The minimum absolute atomic E-state index is 0.00514. The summed E-state index contributed by atoms with van der Waals surface area (Å²) >= 11 is 0.